The van der Waals surface area contributed by atoms with E-state index < -0.39 is 10.0 Å². The maximum atomic E-state index is 12.6. The Kier molecular flexibility index (Phi) is 4.45. The standard InChI is InChI=1S/C17H29NO4S/c19-23(20,16-3-4-16)18-10-15-2-1-7-17(15,12-18)13-22-11-14-5-8-21-9-6-14/h14-16H,1-13H2/t15-,17+/m1/s1. The zero-order valence-electron chi connectivity index (χ0n) is 13.9. The summed E-state index contributed by atoms with van der Waals surface area (Å²) in [6, 6.07) is 0. The summed E-state index contributed by atoms with van der Waals surface area (Å²) < 4.78 is 38.4. The van der Waals surface area contributed by atoms with Gasteiger partial charge in [-0.25, -0.2) is 12.7 Å². The Morgan fingerprint density at radius 3 is 2.65 bits per heavy atom. The quantitative estimate of drug-likeness (QED) is 0.740. The molecule has 0 bridgehead atoms. The summed E-state index contributed by atoms with van der Waals surface area (Å²) in [4.78, 5) is 0. The first-order chi connectivity index (χ1) is 11.1. The van der Waals surface area contributed by atoms with Crippen molar-refractivity contribution in [2.24, 2.45) is 17.3 Å². The Morgan fingerprint density at radius 1 is 1.13 bits per heavy atom. The van der Waals surface area contributed by atoms with E-state index in [9.17, 15) is 8.42 Å². The zero-order chi connectivity index (χ0) is 15.9. The molecule has 0 aromatic rings. The topological polar surface area (TPSA) is 55.8 Å². The Labute approximate surface area is 139 Å². The van der Waals surface area contributed by atoms with Crippen LogP contribution in [-0.4, -0.2) is 57.5 Å². The van der Waals surface area contributed by atoms with E-state index in [4.69, 9.17) is 9.47 Å². The van der Waals surface area contributed by atoms with Gasteiger partial charge in [0.25, 0.3) is 0 Å². The third-order valence-corrected chi connectivity index (χ3v) is 8.71. The van der Waals surface area contributed by atoms with Crippen molar-refractivity contribution in [3.8, 4) is 0 Å². The van der Waals surface area contributed by atoms with Crippen molar-refractivity contribution < 1.29 is 17.9 Å². The molecule has 0 spiro atoms. The Balaban J connectivity index is 1.35. The van der Waals surface area contributed by atoms with E-state index in [-0.39, 0.29) is 10.7 Å². The SMILES string of the molecule is O=S(=O)(C1CC1)N1C[C@H]2CCC[C@@]2(COCC2CCOCC2)C1. The molecule has 5 nitrogen and oxygen atoms in total. The van der Waals surface area contributed by atoms with Crippen molar-refractivity contribution in [1.82, 2.24) is 4.31 Å². The molecular weight excluding hydrogens is 314 g/mol. The summed E-state index contributed by atoms with van der Waals surface area (Å²) in [5.41, 5.74) is 0.0904. The predicted molar refractivity (Wildman–Crippen MR) is 87.7 cm³/mol. The van der Waals surface area contributed by atoms with Crippen LogP contribution in [0.4, 0.5) is 0 Å². The van der Waals surface area contributed by atoms with Gasteiger partial charge in [0.05, 0.1) is 11.9 Å². The summed E-state index contributed by atoms with van der Waals surface area (Å²) in [7, 11) is -3.03. The summed E-state index contributed by atoms with van der Waals surface area (Å²) >= 11 is 0. The van der Waals surface area contributed by atoms with Gasteiger partial charge in [-0.3, -0.25) is 0 Å². The maximum Gasteiger partial charge on any atom is 0.217 e. The summed E-state index contributed by atoms with van der Waals surface area (Å²) in [5, 5.41) is -0.0819. The van der Waals surface area contributed by atoms with E-state index in [1.54, 1.807) is 4.31 Å². The van der Waals surface area contributed by atoms with Crippen LogP contribution >= 0.6 is 0 Å². The van der Waals surface area contributed by atoms with Crippen LogP contribution < -0.4 is 0 Å². The molecule has 0 unspecified atom stereocenters. The molecule has 2 heterocycles. The second-order valence-corrected chi connectivity index (χ2v) is 10.3. The molecular formula is C17H29NO4S. The fraction of sp³-hybridized carbons (Fsp3) is 1.00. The van der Waals surface area contributed by atoms with E-state index in [0.717, 1.165) is 71.5 Å². The third-order valence-electron chi connectivity index (χ3n) is 6.40. The highest BCUT2D eigenvalue weighted by atomic mass is 32.2. The number of fused-ring (bicyclic) bond motifs is 1. The van der Waals surface area contributed by atoms with Crippen molar-refractivity contribution in [1.29, 1.82) is 0 Å². The molecule has 0 aromatic heterocycles. The van der Waals surface area contributed by atoms with Gasteiger partial charge in [0, 0.05) is 38.3 Å². The summed E-state index contributed by atoms with van der Waals surface area (Å²) in [5.74, 6) is 1.12. The normalized spacial score (nSPS) is 36.4. The maximum absolute atomic E-state index is 12.6. The van der Waals surface area contributed by atoms with Gasteiger partial charge in [-0.05, 0) is 50.4 Å². The van der Waals surface area contributed by atoms with E-state index in [1.807, 2.05) is 0 Å². The monoisotopic (exact) mass is 343 g/mol. The third kappa shape index (κ3) is 3.20. The van der Waals surface area contributed by atoms with Gasteiger partial charge in [0.15, 0.2) is 0 Å². The van der Waals surface area contributed by atoms with Crippen molar-refractivity contribution >= 4 is 10.0 Å². The Morgan fingerprint density at radius 2 is 1.91 bits per heavy atom. The molecule has 0 aromatic carbocycles. The molecule has 2 atom stereocenters. The number of nitrogens with zero attached hydrogens (tertiary/aromatic N) is 1. The van der Waals surface area contributed by atoms with Crippen molar-refractivity contribution in [3.05, 3.63) is 0 Å². The average Bonchev–Trinajstić information content (AvgIpc) is 3.24. The Bertz CT molecular complexity index is 527. The molecule has 4 fully saturated rings. The van der Waals surface area contributed by atoms with Crippen LogP contribution in [0.1, 0.15) is 44.9 Å². The van der Waals surface area contributed by atoms with Gasteiger partial charge in [-0.15, -0.1) is 0 Å². The first kappa shape index (κ1) is 16.3. The first-order valence-electron chi connectivity index (χ1n) is 9.25. The van der Waals surface area contributed by atoms with Gasteiger partial charge < -0.3 is 9.47 Å². The molecule has 4 aliphatic rings. The first-order valence-corrected chi connectivity index (χ1v) is 10.7. The second kappa shape index (κ2) is 6.28. The average molecular weight is 343 g/mol. The van der Waals surface area contributed by atoms with Gasteiger partial charge in [-0.2, -0.15) is 0 Å². The molecule has 2 saturated heterocycles. The smallest absolute Gasteiger partial charge is 0.217 e. The lowest BCUT2D eigenvalue weighted by molar-refractivity contribution is -0.0116. The van der Waals surface area contributed by atoms with Crippen LogP contribution in [0.5, 0.6) is 0 Å². The molecule has 23 heavy (non-hydrogen) atoms. The minimum absolute atomic E-state index is 0.0819. The number of sulfonamides is 1. The number of ether oxygens (including phenoxy) is 2. The second-order valence-electron chi connectivity index (χ2n) is 8.06. The highest BCUT2D eigenvalue weighted by Crippen LogP contribution is 2.50. The minimum Gasteiger partial charge on any atom is -0.381 e. The number of hydrogen-bond acceptors (Lipinski definition) is 4. The fourth-order valence-electron chi connectivity index (χ4n) is 4.71. The van der Waals surface area contributed by atoms with Crippen molar-refractivity contribution in [2.45, 2.75) is 50.2 Å². The fourth-order valence-corrected chi connectivity index (χ4v) is 6.69. The number of rotatable bonds is 6. The lowest BCUT2D eigenvalue weighted by Gasteiger charge is -2.30. The van der Waals surface area contributed by atoms with E-state index in [1.165, 1.54) is 6.42 Å². The Hall–Kier alpha value is -0.170. The summed E-state index contributed by atoms with van der Waals surface area (Å²) in [6.07, 6.45) is 7.42. The molecule has 4 rings (SSSR count). The van der Waals surface area contributed by atoms with E-state index in [2.05, 4.69) is 0 Å². The molecule has 132 valence electrons. The molecule has 2 aliphatic heterocycles. The number of hydrogen-bond donors (Lipinski definition) is 0. The molecule has 0 radical (unpaired) electrons. The minimum atomic E-state index is -3.03. The van der Waals surface area contributed by atoms with Crippen LogP contribution in [0.3, 0.4) is 0 Å². The highest BCUT2D eigenvalue weighted by molar-refractivity contribution is 7.90. The van der Waals surface area contributed by atoms with Crippen LogP contribution in [-0.2, 0) is 19.5 Å². The van der Waals surface area contributed by atoms with Crippen LogP contribution in [0.25, 0.3) is 0 Å². The van der Waals surface area contributed by atoms with Gasteiger partial charge in [0.1, 0.15) is 0 Å². The van der Waals surface area contributed by atoms with Crippen molar-refractivity contribution in [3.63, 3.8) is 0 Å². The highest BCUT2D eigenvalue weighted by Gasteiger charge is 2.54. The van der Waals surface area contributed by atoms with Crippen molar-refractivity contribution in [2.75, 3.05) is 39.5 Å². The molecule has 0 amide bonds. The van der Waals surface area contributed by atoms with E-state index in [0.29, 0.717) is 18.4 Å². The molecule has 0 N–H and O–H groups in total. The van der Waals surface area contributed by atoms with Gasteiger partial charge >= 0.3 is 0 Å². The molecule has 2 saturated carbocycles. The van der Waals surface area contributed by atoms with Crippen LogP contribution in [0.2, 0.25) is 0 Å². The molecule has 2 aliphatic carbocycles. The predicted octanol–water partition coefficient (Wildman–Crippen LogP) is 2.02. The zero-order valence-corrected chi connectivity index (χ0v) is 14.7. The van der Waals surface area contributed by atoms with Crippen LogP contribution in [0.15, 0.2) is 0 Å². The lowest BCUT2D eigenvalue weighted by Crippen LogP contribution is -2.36. The largest absolute Gasteiger partial charge is 0.381 e. The van der Waals surface area contributed by atoms with E-state index >= 15 is 0 Å². The van der Waals surface area contributed by atoms with Gasteiger partial charge in [0.2, 0.25) is 10.0 Å². The summed E-state index contributed by atoms with van der Waals surface area (Å²) in [6.45, 7) is 4.70. The lowest BCUT2D eigenvalue weighted by atomic mass is 9.81. The van der Waals surface area contributed by atoms with Gasteiger partial charge in [-0.1, -0.05) is 6.42 Å². The van der Waals surface area contributed by atoms with Crippen LogP contribution in [0, 0.1) is 17.3 Å². The molecule has 6 heteroatoms.